The van der Waals surface area contributed by atoms with Gasteiger partial charge >= 0.3 is 0 Å². The first-order valence-electron chi connectivity index (χ1n) is 9.36. The molecule has 0 spiro atoms. The maximum absolute atomic E-state index is 13.4. The van der Waals surface area contributed by atoms with Crippen LogP contribution >= 0.6 is 0 Å². The number of nitrogens with zero attached hydrogens (tertiary/aromatic N) is 3. The highest BCUT2D eigenvalue weighted by atomic mass is 32.2. The molecule has 0 unspecified atom stereocenters. The summed E-state index contributed by atoms with van der Waals surface area (Å²) in [6, 6.07) is 5.76. The number of hydrogen-bond acceptors (Lipinski definition) is 5. The summed E-state index contributed by atoms with van der Waals surface area (Å²) in [5, 5.41) is 4.21. The zero-order valence-corrected chi connectivity index (χ0v) is 16.4. The van der Waals surface area contributed by atoms with Crippen molar-refractivity contribution in [1.29, 1.82) is 0 Å². The number of aromatic nitrogens is 2. The fourth-order valence-corrected chi connectivity index (χ4v) is 6.04. The van der Waals surface area contributed by atoms with Crippen LogP contribution in [0.5, 0.6) is 0 Å². The van der Waals surface area contributed by atoms with E-state index in [2.05, 4.69) is 10.1 Å². The first kappa shape index (κ1) is 18.6. The van der Waals surface area contributed by atoms with E-state index >= 15 is 0 Å². The van der Waals surface area contributed by atoms with E-state index in [0.29, 0.717) is 30.4 Å². The molecule has 2 heterocycles. The molecule has 0 amide bonds. The van der Waals surface area contributed by atoms with Crippen molar-refractivity contribution in [3.63, 3.8) is 0 Å². The molecule has 1 saturated heterocycles. The van der Waals surface area contributed by atoms with E-state index in [4.69, 9.17) is 4.52 Å². The lowest BCUT2D eigenvalue weighted by molar-refractivity contribution is 0.324. The van der Waals surface area contributed by atoms with Crippen LogP contribution in [0, 0.1) is 11.7 Å². The average Bonchev–Trinajstić information content (AvgIpc) is 3.28. The van der Waals surface area contributed by atoms with Gasteiger partial charge in [-0.15, -0.1) is 0 Å². The lowest BCUT2D eigenvalue weighted by atomic mass is 9.80. The minimum atomic E-state index is -3.55. The fourth-order valence-electron chi connectivity index (χ4n) is 4.42. The maximum atomic E-state index is 13.4. The van der Waals surface area contributed by atoms with Crippen molar-refractivity contribution in [2.75, 3.05) is 13.1 Å². The van der Waals surface area contributed by atoms with Crippen molar-refractivity contribution >= 4 is 10.0 Å². The van der Waals surface area contributed by atoms with E-state index in [1.807, 2.05) is 13.8 Å². The normalized spacial score (nSPS) is 26.0. The Morgan fingerprint density at radius 1 is 1.41 bits per heavy atom. The third-order valence-electron chi connectivity index (χ3n) is 5.85. The van der Waals surface area contributed by atoms with E-state index in [1.165, 1.54) is 22.5 Å². The van der Waals surface area contributed by atoms with Crippen molar-refractivity contribution in [2.24, 2.45) is 5.92 Å². The molecule has 0 bridgehead atoms. The SMILES string of the molecule is CC(C)c1nc([C@@]23CCC[C@@H]2CN(S(=O)(=O)Cc2cccc(F)c2)C3)no1. The summed E-state index contributed by atoms with van der Waals surface area (Å²) in [7, 11) is -3.55. The van der Waals surface area contributed by atoms with Crippen LogP contribution in [0.4, 0.5) is 4.39 Å². The van der Waals surface area contributed by atoms with Gasteiger partial charge in [-0.2, -0.15) is 4.98 Å². The third-order valence-corrected chi connectivity index (χ3v) is 7.62. The van der Waals surface area contributed by atoms with Crippen LogP contribution in [0.1, 0.15) is 56.3 Å². The molecule has 2 aromatic rings. The van der Waals surface area contributed by atoms with Gasteiger partial charge in [-0.3, -0.25) is 0 Å². The van der Waals surface area contributed by atoms with Crippen LogP contribution in [-0.2, 0) is 21.2 Å². The monoisotopic (exact) mass is 393 g/mol. The maximum Gasteiger partial charge on any atom is 0.229 e. The number of benzene rings is 1. The smallest absolute Gasteiger partial charge is 0.229 e. The summed E-state index contributed by atoms with van der Waals surface area (Å²) < 4.78 is 46.3. The summed E-state index contributed by atoms with van der Waals surface area (Å²) in [5.74, 6) is 0.930. The predicted octanol–water partition coefficient (Wildman–Crippen LogP) is 3.22. The first-order valence-corrected chi connectivity index (χ1v) is 11.0. The van der Waals surface area contributed by atoms with Crippen molar-refractivity contribution in [3.05, 3.63) is 47.4 Å². The average molecular weight is 393 g/mol. The highest BCUT2D eigenvalue weighted by Crippen LogP contribution is 2.50. The number of sulfonamides is 1. The topological polar surface area (TPSA) is 76.3 Å². The Balaban J connectivity index is 1.59. The van der Waals surface area contributed by atoms with Gasteiger partial charge in [-0.25, -0.2) is 17.1 Å². The molecule has 8 heteroatoms. The zero-order valence-electron chi connectivity index (χ0n) is 15.6. The second-order valence-electron chi connectivity index (χ2n) is 8.03. The molecule has 0 radical (unpaired) electrons. The van der Waals surface area contributed by atoms with Gasteiger partial charge in [0, 0.05) is 19.0 Å². The van der Waals surface area contributed by atoms with Crippen molar-refractivity contribution < 1.29 is 17.3 Å². The second-order valence-corrected chi connectivity index (χ2v) is 10.0. The summed E-state index contributed by atoms with van der Waals surface area (Å²) in [4.78, 5) is 4.59. The zero-order chi connectivity index (χ0) is 19.2. The molecule has 1 aromatic carbocycles. The van der Waals surface area contributed by atoms with Gasteiger partial charge in [-0.1, -0.05) is 37.6 Å². The van der Waals surface area contributed by atoms with Crippen molar-refractivity contribution in [3.8, 4) is 0 Å². The number of halogens is 1. The minimum absolute atomic E-state index is 0.136. The molecule has 1 aliphatic heterocycles. The summed E-state index contributed by atoms with van der Waals surface area (Å²) in [6.45, 7) is 4.81. The van der Waals surface area contributed by atoms with E-state index in [-0.39, 0.29) is 23.0 Å². The van der Waals surface area contributed by atoms with Crippen LogP contribution < -0.4 is 0 Å². The van der Waals surface area contributed by atoms with Crippen molar-refractivity contribution in [2.45, 2.75) is 50.2 Å². The molecule has 1 aliphatic carbocycles. The van der Waals surface area contributed by atoms with E-state index in [9.17, 15) is 12.8 Å². The molecule has 2 fully saturated rings. The molecular weight excluding hydrogens is 369 g/mol. The lowest BCUT2D eigenvalue weighted by Crippen LogP contribution is -2.36. The Bertz CT molecular complexity index is 943. The van der Waals surface area contributed by atoms with Gasteiger partial charge in [0.05, 0.1) is 11.2 Å². The number of rotatable bonds is 5. The molecule has 27 heavy (non-hydrogen) atoms. The lowest BCUT2D eigenvalue weighted by Gasteiger charge is -2.24. The summed E-state index contributed by atoms with van der Waals surface area (Å²) >= 11 is 0. The largest absolute Gasteiger partial charge is 0.339 e. The molecular formula is C19H24FN3O3S. The van der Waals surface area contributed by atoms with Gasteiger partial charge in [0.1, 0.15) is 5.82 Å². The Morgan fingerprint density at radius 3 is 2.93 bits per heavy atom. The fraction of sp³-hybridized carbons (Fsp3) is 0.579. The molecule has 2 aliphatic rings. The number of hydrogen-bond donors (Lipinski definition) is 0. The van der Waals surface area contributed by atoms with Gasteiger partial charge in [0.2, 0.25) is 15.9 Å². The quantitative estimate of drug-likeness (QED) is 0.780. The van der Waals surface area contributed by atoms with Gasteiger partial charge < -0.3 is 4.52 Å². The Labute approximate surface area is 158 Å². The molecule has 1 aromatic heterocycles. The summed E-state index contributed by atoms with van der Waals surface area (Å²) in [6.07, 6.45) is 2.85. The van der Waals surface area contributed by atoms with Crippen LogP contribution in [0.25, 0.3) is 0 Å². The molecule has 6 nitrogen and oxygen atoms in total. The minimum Gasteiger partial charge on any atom is -0.339 e. The molecule has 1 saturated carbocycles. The van der Waals surface area contributed by atoms with E-state index in [1.54, 1.807) is 6.07 Å². The predicted molar refractivity (Wildman–Crippen MR) is 98.0 cm³/mol. The molecule has 4 rings (SSSR count). The second kappa shape index (κ2) is 6.67. The van der Waals surface area contributed by atoms with Crippen LogP contribution in [0.15, 0.2) is 28.8 Å². The van der Waals surface area contributed by atoms with Crippen LogP contribution in [0.3, 0.4) is 0 Å². The highest BCUT2D eigenvalue weighted by Gasteiger charge is 2.55. The van der Waals surface area contributed by atoms with E-state index < -0.39 is 15.8 Å². The van der Waals surface area contributed by atoms with Crippen LogP contribution in [-0.4, -0.2) is 36.0 Å². The highest BCUT2D eigenvalue weighted by molar-refractivity contribution is 7.88. The Morgan fingerprint density at radius 2 is 2.22 bits per heavy atom. The standard InChI is InChI=1S/C19H24FN3O3S/c1-13(2)17-21-18(22-26-17)19-8-4-6-15(19)10-23(12-19)27(24,25)11-14-5-3-7-16(20)9-14/h3,5,7,9,13,15H,4,6,8,10-12H2,1-2H3/t15-,19-/m1/s1. The molecule has 146 valence electrons. The number of fused-ring (bicyclic) bond motifs is 1. The van der Waals surface area contributed by atoms with Gasteiger partial charge in [0.25, 0.3) is 0 Å². The Kier molecular flexibility index (Phi) is 4.58. The Hall–Kier alpha value is -1.80. The van der Waals surface area contributed by atoms with Gasteiger partial charge in [0.15, 0.2) is 5.82 Å². The molecule has 2 atom stereocenters. The summed E-state index contributed by atoms with van der Waals surface area (Å²) in [5.41, 5.74) is 0.0915. The first-order chi connectivity index (χ1) is 12.8. The van der Waals surface area contributed by atoms with E-state index in [0.717, 1.165) is 19.3 Å². The van der Waals surface area contributed by atoms with Crippen molar-refractivity contribution in [1.82, 2.24) is 14.4 Å². The van der Waals surface area contributed by atoms with Gasteiger partial charge in [-0.05, 0) is 36.5 Å². The third kappa shape index (κ3) is 3.29. The van der Waals surface area contributed by atoms with Crippen LogP contribution in [0.2, 0.25) is 0 Å². The molecule has 0 N–H and O–H groups in total.